The Hall–Kier alpha value is 0.440. The Kier molecular flexibility index (Phi) is 2.24. The minimum atomic E-state index is 0.556. The molecule has 0 N–H and O–H groups in total. The van der Waals surface area contributed by atoms with Crippen molar-refractivity contribution in [2.75, 3.05) is 11.9 Å². The van der Waals surface area contributed by atoms with E-state index in [0.29, 0.717) is 11.5 Å². The van der Waals surface area contributed by atoms with Gasteiger partial charge in [0, 0.05) is 17.4 Å². The quantitative estimate of drug-likeness (QED) is 0.649. The first kappa shape index (κ1) is 8.06. The molecular weight excluding hydrogens is 204 g/mol. The van der Waals surface area contributed by atoms with Crippen LogP contribution in [-0.2, 0) is 4.74 Å². The van der Waals surface area contributed by atoms with Crippen molar-refractivity contribution in [3.63, 3.8) is 0 Å². The highest BCUT2D eigenvalue weighted by atomic mass is 79.9. The molecule has 0 aromatic heterocycles. The van der Waals surface area contributed by atoms with Crippen LogP contribution in [0.1, 0.15) is 32.1 Å². The molecule has 1 saturated carbocycles. The Morgan fingerprint density at radius 3 is 2.64 bits per heavy atom. The largest absolute Gasteiger partial charge is 0.378 e. The van der Waals surface area contributed by atoms with Gasteiger partial charge < -0.3 is 4.74 Å². The average Bonchev–Trinajstić information content (AvgIpc) is 2.86. The molecule has 2 fully saturated rings. The lowest BCUT2D eigenvalue weighted by Gasteiger charge is -2.29. The molecule has 2 heteroatoms. The number of ether oxygens (including phenoxy) is 1. The van der Waals surface area contributed by atoms with Gasteiger partial charge in [0.25, 0.3) is 0 Å². The van der Waals surface area contributed by atoms with E-state index < -0.39 is 0 Å². The van der Waals surface area contributed by atoms with Crippen LogP contribution in [0.5, 0.6) is 0 Å². The summed E-state index contributed by atoms with van der Waals surface area (Å²) in [5.41, 5.74) is 0.556. The first-order chi connectivity index (χ1) is 5.37. The Labute approximate surface area is 76.6 Å². The van der Waals surface area contributed by atoms with Crippen molar-refractivity contribution in [1.82, 2.24) is 0 Å². The number of alkyl halides is 1. The summed E-state index contributed by atoms with van der Waals surface area (Å²) in [4.78, 5) is 0. The fourth-order valence-corrected chi connectivity index (χ4v) is 2.85. The molecule has 0 radical (unpaired) electrons. The Morgan fingerprint density at radius 2 is 2.18 bits per heavy atom. The fourth-order valence-electron chi connectivity index (χ4n) is 1.93. The third-order valence-corrected chi connectivity index (χ3v) is 4.14. The van der Waals surface area contributed by atoms with Gasteiger partial charge in [-0.05, 0) is 32.1 Å². The number of rotatable bonds is 2. The van der Waals surface area contributed by atoms with Crippen molar-refractivity contribution < 1.29 is 4.74 Å². The van der Waals surface area contributed by atoms with Gasteiger partial charge in [-0.2, -0.15) is 0 Å². The zero-order valence-electron chi connectivity index (χ0n) is 6.81. The maximum atomic E-state index is 5.77. The van der Waals surface area contributed by atoms with Gasteiger partial charge >= 0.3 is 0 Å². The third-order valence-electron chi connectivity index (χ3n) is 3.02. The molecule has 1 heterocycles. The molecule has 1 saturated heterocycles. The zero-order valence-corrected chi connectivity index (χ0v) is 8.40. The van der Waals surface area contributed by atoms with E-state index in [-0.39, 0.29) is 0 Å². The highest BCUT2D eigenvalue weighted by Crippen LogP contribution is 2.53. The molecule has 2 aliphatic rings. The summed E-state index contributed by atoms with van der Waals surface area (Å²) in [6, 6.07) is 0. The SMILES string of the molecule is BrCC1(C2CCCCO2)CC1. The second-order valence-corrected chi connectivity index (χ2v) is 4.41. The van der Waals surface area contributed by atoms with E-state index in [1.165, 1.54) is 32.1 Å². The first-order valence-corrected chi connectivity index (χ1v) is 5.67. The van der Waals surface area contributed by atoms with Gasteiger partial charge in [-0.15, -0.1) is 0 Å². The predicted molar refractivity (Wildman–Crippen MR) is 49.1 cm³/mol. The molecule has 0 spiro atoms. The number of hydrogen-bond donors (Lipinski definition) is 0. The molecule has 1 aliphatic carbocycles. The molecule has 64 valence electrons. The number of hydrogen-bond acceptors (Lipinski definition) is 1. The second-order valence-electron chi connectivity index (χ2n) is 3.85. The first-order valence-electron chi connectivity index (χ1n) is 4.55. The summed E-state index contributed by atoms with van der Waals surface area (Å²) in [6.07, 6.45) is 7.28. The minimum absolute atomic E-state index is 0.556. The maximum absolute atomic E-state index is 5.77. The summed E-state index contributed by atoms with van der Waals surface area (Å²) in [5.74, 6) is 0. The fraction of sp³-hybridized carbons (Fsp3) is 1.00. The molecule has 1 atom stereocenters. The normalized spacial score (nSPS) is 35.2. The van der Waals surface area contributed by atoms with Crippen LogP contribution >= 0.6 is 15.9 Å². The van der Waals surface area contributed by atoms with E-state index in [1.54, 1.807) is 0 Å². The molecule has 0 bridgehead atoms. The molecule has 11 heavy (non-hydrogen) atoms. The Morgan fingerprint density at radius 1 is 1.36 bits per heavy atom. The summed E-state index contributed by atoms with van der Waals surface area (Å²) in [7, 11) is 0. The Balaban J connectivity index is 1.92. The minimum Gasteiger partial charge on any atom is -0.378 e. The Bertz CT molecular complexity index is 136. The molecule has 0 aromatic rings. The van der Waals surface area contributed by atoms with Crippen LogP contribution in [0, 0.1) is 5.41 Å². The van der Waals surface area contributed by atoms with Crippen LogP contribution < -0.4 is 0 Å². The highest BCUT2D eigenvalue weighted by Gasteiger charge is 2.49. The van der Waals surface area contributed by atoms with Crippen LogP contribution in [0.3, 0.4) is 0 Å². The number of halogens is 1. The van der Waals surface area contributed by atoms with Gasteiger partial charge in [0.1, 0.15) is 0 Å². The van der Waals surface area contributed by atoms with Crippen LogP contribution in [-0.4, -0.2) is 18.0 Å². The lowest BCUT2D eigenvalue weighted by atomic mass is 9.95. The van der Waals surface area contributed by atoms with Crippen LogP contribution in [0.25, 0.3) is 0 Å². The smallest absolute Gasteiger partial charge is 0.0639 e. The molecule has 0 amide bonds. The standard InChI is InChI=1S/C9H15BrO/c10-7-9(4-5-9)8-3-1-2-6-11-8/h8H,1-7H2. The van der Waals surface area contributed by atoms with Gasteiger partial charge in [-0.3, -0.25) is 0 Å². The van der Waals surface area contributed by atoms with Gasteiger partial charge in [0.15, 0.2) is 0 Å². The van der Waals surface area contributed by atoms with E-state index in [1.807, 2.05) is 0 Å². The molecule has 0 aromatic carbocycles. The van der Waals surface area contributed by atoms with Crippen molar-refractivity contribution in [1.29, 1.82) is 0 Å². The van der Waals surface area contributed by atoms with E-state index >= 15 is 0 Å². The van der Waals surface area contributed by atoms with Gasteiger partial charge in [-0.25, -0.2) is 0 Å². The summed E-state index contributed by atoms with van der Waals surface area (Å²) in [6.45, 7) is 0.999. The van der Waals surface area contributed by atoms with Gasteiger partial charge in [-0.1, -0.05) is 15.9 Å². The lowest BCUT2D eigenvalue weighted by Crippen LogP contribution is -2.30. The second kappa shape index (κ2) is 3.06. The van der Waals surface area contributed by atoms with E-state index in [4.69, 9.17) is 4.74 Å². The molecular formula is C9H15BrO. The van der Waals surface area contributed by atoms with E-state index in [9.17, 15) is 0 Å². The van der Waals surface area contributed by atoms with Crippen LogP contribution in [0.2, 0.25) is 0 Å². The van der Waals surface area contributed by atoms with Gasteiger partial charge in [0.05, 0.1) is 6.10 Å². The van der Waals surface area contributed by atoms with Crippen LogP contribution in [0.15, 0.2) is 0 Å². The molecule has 2 rings (SSSR count). The van der Waals surface area contributed by atoms with Crippen LogP contribution in [0.4, 0.5) is 0 Å². The van der Waals surface area contributed by atoms with Crippen molar-refractivity contribution in [3.05, 3.63) is 0 Å². The van der Waals surface area contributed by atoms with Gasteiger partial charge in [0.2, 0.25) is 0 Å². The van der Waals surface area contributed by atoms with Crippen molar-refractivity contribution >= 4 is 15.9 Å². The predicted octanol–water partition coefficient (Wildman–Crippen LogP) is 2.73. The van der Waals surface area contributed by atoms with E-state index in [0.717, 1.165) is 11.9 Å². The highest BCUT2D eigenvalue weighted by molar-refractivity contribution is 9.09. The molecule has 1 unspecified atom stereocenters. The summed E-state index contributed by atoms with van der Waals surface area (Å²) < 4.78 is 5.77. The monoisotopic (exact) mass is 218 g/mol. The van der Waals surface area contributed by atoms with Crippen molar-refractivity contribution in [2.24, 2.45) is 5.41 Å². The summed E-state index contributed by atoms with van der Waals surface area (Å²) >= 11 is 3.59. The van der Waals surface area contributed by atoms with E-state index in [2.05, 4.69) is 15.9 Å². The average molecular weight is 219 g/mol. The summed E-state index contributed by atoms with van der Waals surface area (Å²) in [5, 5.41) is 1.14. The van der Waals surface area contributed by atoms with Crippen molar-refractivity contribution in [2.45, 2.75) is 38.2 Å². The molecule has 1 aliphatic heterocycles. The topological polar surface area (TPSA) is 9.23 Å². The van der Waals surface area contributed by atoms with Crippen molar-refractivity contribution in [3.8, 4) is 0 Å². The zero-order chi connectivity index (χ0) is 7.73. The third kappa shape index (κ3) is 1.48. The maximum Gasteiger partial charge on any atom is 0.0639 e. The molecule has 1 nitrogen and oxygen atoms in total. The lowest BCUT2D eigenvalue weighted by molar-refractivity contribution is -0.0232.